The average molecular weight is 135 g/mol. The molecule has 0 fully saturated rings. The number of rotatable bonds is 0. The molecule has 1 aromatic heterocycles. The van der Waals surface area contributed by atoms with Crippen LogP contribution in [0.15, 0.2) is 28.9 Å². The summed E-state index contributed by atoms with van der Waals surface area (Å²) in [4.78, 5) is 0. The third kappa shape index (κ3) is 0.692. The van der Waals surface area contributed by atoms with Crippen molar-refractivity contribution in [2.24, 2.45) is 0 Å². The van der Waals surface area contributed by atoms with Crippen molar-refractivity contribution >= 4 is 11.0 Å². The van der Waals surface area contributed by atoms with E-state index in [1.807, 2.05) is 0 Å². The molecule has 1 radical (unpaired) electrons. The SMILES string of the molecule is Fc1c[c]c2occc2c1. The van der Waals surface area contributed by atoms with Crippen molar-refractivity contribution in [3.05, 3.63) is 36.3 Å². The molecule has 0 saturated carbocycles. The Balaban J connectivity index is 2.86. The monoisotopic (exact) mass is 135 g/mol. The molecule has 2 rings (SSSR count). The molecule has 2 aromatic rings. The van der Waals surface area contributed by atoms with Gasteiger partial charge >= 0.3 is 0 Å². The lowest BCUT2D eigenvalue weighted by atomic mass is 10.2. The van der Waals surface area contributed by atoms with E-state index >= 15 is 0 Å². The zero-order valence-corrected chi connectivity index (χ0v) is 5.10. The fraction of sp³-hybridized carbons (Fsp3) is 0. The highest BCUT2D eigenvalue weighted by Gasteiger charge is 1.96. The number of hydrogen-bond donors (Lipinski definition) is 0. The second kappa shape index (κ2) is 1.84. The van der Waals surface area contributed by atoms with Crippen LogP contribution >= 0.6 is 0 Å². The van der Waals surface area contributed by atoms with E-state index in [9.17, 15) is 4.39 Å². The van der Waals surface area contributed by atoms with Gasteiger partial charge in [0.2, 0.25) is 0 Å². The van der Waals surface area contributed by atoms with Crippen molar-refractivity contribution in [2.45, 2.75) is 0 Å². The molecule has 49 valence electrons. The lowest BCUT2D eigenvalue weighted by molar-refractivity contribution is 0.609. The van der Waals surface area contributed by atoms with Gasteiger partial charge in [0.25, 0.3) is 0 Å². The van der Waals surface area contributed by atoms with Crippen LogP contribution in [0.25, 0.3) is 11.0 Å². The Morgan fingerprint density at radius 2 is 2.40 bits per heavy atom. The fourth-order valence-corrected chi connectivity index (χ4v) is 0.875. The number of benzene rings is 1. The summed E-state index contributed by atoms with van der Waals surface area (Å²) in [7, 11) is 0. The zero-order chi connectivity index (χ0) is 6.97. The molecule has 10 heavy (non-hydrogen) atoms. The van der Waals surface area contributed by atoms with E-state index in [0.29, 0.717) is 5.58 Å². The molecular formula is C8H4FO. The van der Waals surface area contributed by atoms with Crippen LogP contribution in [0.2, 0.25) is 0 Å². The van der Waals surface area contributed by atoms with Gasteiger partial charge in [-0.1, -0.05) is 0 Å². The van der Waals surface area contributed by atoms with Crippen molar-refractivity contribution < 1.29 is 8.81 Å². The molecule has 0 aliphatic rings. The summed E-state index contributed by atoms with van der Waals surface area (Å²) in [6.45, 7) is 0. The summed E-state index contributed by atoms with van der Waals surface area (Å²) in [6.07, 6.45) is 1.51. The molecule has 1 aromatic carbocycles. The van der Waals surface area contributed by atoms with Crippen molar-refractivity contribution in [3.8, 4) is 0 Å². The van der Waals surface area contributed by atoms with Crippen molar-refractivity contribution in [1.82, 2.24) is 0 Å². The molecule has 0 spiro atoms. The molecule has 0 amide bonds. The quantitative estimate of drug-likeness (QED) is 0.540. The first kappa shape index (κ1) is 5.47. The van der Waals surface area contributed by atoms with Gasteiger partial charge in [-0.25, -0.2) is 4.39 Å². The Morgan fingerprint density at radius 3 is 3.30 bits per heavy atom. The largest absolute Gasteiger partial charge is 0.464 e. The van der Waals surface area contributed by atoms with Crippen LogP contribution in [0.3, 0.4) is 0 Å². The molecule has 0 atom stereocenters. The van der Waals surface area contributed by atoms with Crippen LogP contribution < -0.4 is 0 Å². The Kier molecular flexibility index (Phi) is 1.01. The number of hydrogen-bond acceptors (Lipinski definition) is 1. The first-order chi connectivity index (χ1) is 4.86. The van der Waals surface area contributed by atoms with Crippen LogP contribution in [0.1, 0.15) is 0 Å². The predicted octanol–water partition coefficient (Wildman–Crippen LogP) is 2.37. The first-order valence-electron chi connectivity index (χ1n) is 2.91. The van der Waals surface area contributed by atoms with Crippen molar-refractivity contribution in [1.29, 1.82) is 0 Å². The van der Waals surface area contributed by atoms with Gasteiger partial charge in [0, 0.05) is 11.5 Å². The maximum absolute atomic E-state index is 12.4. The van der Waals surface area contributed by atoms with Crippen LogP contribution in [0.4, 0.5) is 4.39 Å². The minimum absolute atomic E-state index is 0.283. The molecule has 0 aliphatic carbocycles. The lowest BCUT2D eigenvalue weighted by Crippen LogP contribution is -1.69. The molecule has 1 nitrogen and oxygen atoms in total. The van der Waals surface area contributed by atoms with E-state index in [0.717, 1.165) is 5.39 Å². The normalized spacial score (nSPS) is 10.5. The Morgan fingerprint density at radius 1 is 1.50 bits per heavy atom. The Hall–Kier alpha value is -1.31. The van der Waals surface area contributed by atoms with Gasteiger partial charge in [-0.05, 0) is 18.2 Å². The predicted molar refractivity (Wildman–Crippen MR) is 35.0 cm³/mol. The standard InChI is InChI=1S/C8H4FO/c9-7-1-2-8-6(5-7)3-4-10-8/h1,3-5H. The highest BCUT2D eigenvalue weighted by Crippen LogP contribution is 2.14. The van der Waals surface area contributed by atoms with E-state index in [1.54, 1.807) is 6.07 Å². The van der Waals surface area contributed by atoms with Crippen molar-refractivity contribution in [3.63, 3.8) is 0 Å². The molecular weight excluding hydrogens is 131 g/mol. The zero-order valence-electron chi connectivity index (χ0n) is 5.10. The highest BCUT2D eigenvalue weighted by molar-refractivity contribution is 5.76. The van der Waals surface area contributed by atoms with E-state index in [2.05, 4.69) is 6.07 Å². The third-order valence-corrected chi connectivity index (χ3v) is 1.33. The van der Waals surface area contributed by atoms with E-state index in [-0.39, 0.29) is 5.82 Å². The number of furan rings is 1. The Labute approximate surface area is 57.1 Å². The molecule has 0 bridgehead atoms. The number of halogens is 1. The molecule has 2 heteroatoms. The van der Waals surface area contributed by atoms with Crippen LogP contribution in [0.5, 0.6) is 0 Å². The smallest absolute Gasteiger partial charge is 0.142 e. The van der Waals surface area contributed by atoms with E-state index in [1.165, 1.54) is 18.4 Å². The second-order valence-electron chi connectivity index (χ2n) is 2.02. The van der Waals surface area contributed by atoms with Gasteiger partial charge in [-0.3, -0.25) is 0 Å². The van der Waals surface area contributed by atoms with Gasteiger partial charge in [0.15, 0.2) is 0 Å². The van der Waals surface area contributed by atoms with E-state index < -0.39 is 0 Å². The topological polar surface area (TPSA) is 13.1 Å². The summed E-state index contributed by atoms with van der Waals surface area (Å²) in [5.41, 5.74) is 0.599. The average Bonchev–Trinajstić information content (AvgIpc) is 2.33. The molecule has 0 saturated heterocycles. The van der Waals surface area contributed by atoms with Gasteiger partial charge in [0.1, 0.15) is 11.4 Å². The van der Waals surface area contributed by atoms with Gasteiger partial charge < -0.3 is 4.42 Å². The lowest BCUT2D eigenvalue weighted by Gasteiger charge is -1.85. The second-order valence-corrected chi connectivity index (χ2v) is 2.02. The molecule has 0 unspecified atom stereocenters. The maximum Gasteiger partial charge on any atom is 0.142 e. The third-order valence-electron chi connectivity index (χ3n) is 1.33. The number of fused-ring (bicyclic) bond motifs is 1. The van der Waals surface area contributed by atoms with Crippen LogP contribution in [-0.4, -0.2) is 0 Å². The first-order valence-corrected chi connectivity index (χ1v) is 2.91. The minimum Gasteiger partial charge on any atom is -0.464 e. The Bertz CT molecular complexity index is 351. The molecule has 1 heterocycles. The summed E-state index contributed by atoms with van der Waals surface area (Å²) in [5.74, 6) is -0.283. The van der Waals surface area contributed by atoms with Crippen molar-refractivity contribution in [2.75, 3.05) is 0 Å². The van der Waals surface area contributed by atoms with Gasteiger partial charge in [0.05, 0.1) is 6.26 Å². The minimum atomic E-state index is -0.283. The molecule has 0 N–H and O–H groups in total. The van der Waals surface area contributed by atoms with Crippen LogP contribution in [0, 0.1) is 11.9 Å². The molecule has 0 aliphatic heterocycles. The maximum atomic E-state index is 12.4. The summed E-state index contributed by atoms with van der Waals surface area (Å²) in [5, 5.41) is 0.750. The fourth-order valence-electron chi connectivity index (χ4n) is 0.875. The summed E-state index contributed by atoms with van der Waals surface area (Å²) in [6, 6.07) is 7.03. The summed E-state index contributed by atoms with van der Waals surface area (Å²) < 4.78 is 17.4. The summed E-state index contributed by atoms with van der Waals surface area (Å²) >= 11 is 0. The van der Waals surface area contributed by atoms with Crippen LogP contribution in [-0.2, 0) is 0 Å². The van der Waals surface area contributed by atoms with E-state index in [4.69, 9.17) is 4.42 Å². The van der Waals surface area contributed by atoms with Gasteiger partial charge in [-0.2, -0.15) is 0 Å². The van der Waals surface area contributed by atoms with Gasteiger partial charge in [-0.15, -0.1) is 0 Å². The highest BCUT2D eigenvalue weighted by atomic mass is 19.1.